The highest BCUT2D eigenvalue weighted by Crippen LogP contribution is 2.30. The lowest BCUT2D eigenvalue weighted by Gasteiger charge is -2.32. The fourth-order valence-corrected chi connectivity index (χ4v) is 5.59. The zero-order chi connectivity index (χ0) is 22.6. The Labute approximate surface area is 198 Å². The van der Waals surface area contributed by atoms with E-state index in [0.717, 1.165) is 66.3 Å². The summed E-state index contributed by atoms with van der Waals surface area (Å²) in [6.45, 7) is 4.53. The van der Waals surface area contributed by atoms with Crippen molar-refractivity contribution in [3.63, 3.8) is 0 Å². The number of H-pyrrole nitrogens is 1. The lowest BCUT2D eigenvalue weighted by Crippen LogP contribution is -2.39. The van der Waals surface area contributed by atoms with Crippen molar-refractivity contribution in [1.29, 1.82) is 0 Å². The minimum atomic E-state index is 0.192. The predicted octanol–water partition coefficient (Wildman–Crippen LogP) is 5.02. The molecule has 1 aliphatic rings. The van der Waals surface area contributed by atoms with E-state index in [1.807, 2.05) is 23.2 Å². The molecule has 0 aliphatic carbocycles. The van der Waals surface area contributed by atoms with E-state index in [1.54, 1.807) is 0 Å². The van der Waals surface area contributed by atoms with Crippen LogP contribution < -0.4 is 0 Å². The number of piperidine rings is 1. The smallest absolute Gasteiger partial charge is 0.233 e. The molecule has 1 fully saturated rings. The molecule has 3 heterocycles. The van der Waals surface area contributed by atoms with Gasteiger partial charge in [-0.25, -0.2) is 0 Å². The number of aromatic amines is 1. The summed E-state index contributed by atoms with van der Waals surface area (Å²) in [6, 6.07) is 18.9. The second-order valence-electron chi connectivity index (χ2n) is 8.60. The van der Waals surface area contributed by atoms with E-state index in [4.69, 9.17) is 0 Å². The van der Waals surface area contributed by atoms with Crippen molar-refractivity contribution in [2.75, 3.05) is 18.8 Å². The van der Waals surface area contributed by atoms with Crippen molar-refractivity contribution in [1.82, 2.24) is 24.6 Å². The van der Waals surface area contributed by atoms with Gasteiger partial charge in [0.1, 0.15) is 0 Å². The van der Waals surface area contributed by atoms with Gasteiger partial charge >= 0.3 is 0 Å². The molecule has 7 heteroatoms. The molecule has 0 bridgehead atoms. The van der Waals surface area contributed by atoms with Gasteiger partial charge < -0.3 is 14.5 Å². The quantitative estimate of drug-likeness (QED) is 0.394. The van der Waals surface area contributed by atoms with Crippen LogP contribution in [-0.4, -0.2) is 49.4 Å². The van der Waals surface area contributed by atoms with Crippen molar-refractivity contribution in [3.8, 4) is 11.4 Å². The van der Waals surface area contributed by atoms with Gasteiger partial charge in [0.05, 0.1) is 5.75 Å². The minimum Gasteiger partial charge on any atom is -0.360 e. The highest BCUT2D eigenvalue weighted by molar-refractivity contribution is 7.99. The molecule has 0 radical (unpaired) electrons. The topological polar surface area (TPSA) is 66.8 Å². The Morgan fingerprint density at radius 3 is 2.61 bits per heavy atom. The van der Waals surface area contributed by atoms with Crippen molar-refractivity contribution < 1.29 is 4.79 Å². The van der Waals surface area contributed by atoms with Crippen molar-refractivity contribution in [2.24, 2.45) is 5.92 Å². The highest BCUT2D eigenvalue weighted by Gasteiger charge is 2.24. The third kappa shape index (κ3) is 4.69. The lowest BCUT2D eigenvalue weighted by atomic mass is 9.90. The fourth-order valence-electron chi connectivity index (χ4n) is 4.69. The molecule has 0 unspecified atom stereocenters. The van der Waals surface area contributed by atoms with Crippen molar-refractivity contribution in [2.45, 2.75) is 37.9 Å². The number of nitrogens with one attached hydrogen (secondary N) is 1. The van der Waals surface area contributed by atoms with E-state index in [1.165, 1.54) is 17.3 Å². The van der Waals surface area contributed by atoms with Gasteiger partial charge in [0.15, 0.2) is 11.0 Å². The number of thioether (sulfide) groups is 1. The van der Waals surface area contributed by atoms with Gasteiger partial charge in [-0.1, -0.05) is 60.3 Å². The number of amides is 1. The number of fused-ring (bicyclic) bond motifs is 1. The Bertz CT molecular complexity index is 1220. The van der Waals surface area contributed by atoms with Crippen LogP contribution in [0.5, 0.6) is 0 Å². The maximum Gasteiger partial charge on any atom is 0.233 e. The Hall–Kier alpha value is -3.06. The molecule has 2 aromatic heterocycles. The SMILES string of the molecule is CCn1c(SCC(=O)N2CCC(Cc3ccccc3)CC2)nnc1-c1c[nH]c2ccccc12. The van der Waals surface area contributed by atoms with E-state index in [9.17, 15) is 4.79 Å². The first-order valence-electron chi connectivity index (χ1n) is 11.7. The standard InChI is InChI=1S/C26H29N5OS/c1-2-31-25(22-17-27-23-11-7-6-10-21(22)23)28-29-26(31)33-18-24(32)30-14-12-20(13-15-30)16-19-8-4-3-5-9-19/h3-11,17,20,27H,2,12-16,18H2,1H3. The number of benzene rings is 2. The van der Waals surface area contributed by atoms with Crippen LogP contribution in [0.3, 0.4) is 0 Å². The number of carbonyl (C=O) groups is 1. The molecule has 6 nitrogen and oxygen atoms in total. The van der Waals surface area contributed by atoms with Gasteiger partial charge in [0, 0.05) is 42.3 Å². The Morgan fingerprint density at radius 1 is 1.06 bits per heavy atom. The Balaban J connectivity index is 1.19. The van der Waals surface area contributed by atoms with Gasteiger partial charge in [-0.05, 0) is 43.7 Å². The predicted molar refractivity (Wildman–Crippen MR) is 133 cm³/mol. The normalized spacial score (nSPS) is 14.8. The van der Waals surface area contributed by atoms with E-state index < -0.39 is 0 Å². The van der Waals surface area contributed by atoms with Crippen LogP contribution in [0.2, 0.25) is 0 Å². The average Bonchev–Trinajstić information content (AvgIpc) is 3.47. The molecule has 1 saturated heterocycles. The first kappa shape index (κ1) is 21.8. The minimum absolute atomic E-state index is 0.192. The van der Waals surface area contributed by atoms with E-state index in [0.29, 0.717) is 11.7 Å². The molecule has 0 atom stereocenters. The molecule has 170 valence electrons. The number of carbonyl (C=O) groups excluding carboxylic acids is 1. The molecule has 0 saturated carbocycles. The van der Waals surface area contributed by atoms with Gasteiger partial charge in [-0.15, -0.1) is 10.2 Å². The van der Waals surface area contributed by atoms with Crippen LogP contribution in [0.15, 0.2) is 66.0 Å². The molecule has 1 amide bonds. The number of aromatic nitrogens is 4. The number of hydrogen-bond donors (Lipinski definition) is 1. The zero-order valence-corrected chi connectivity index (χ0v) is 19.7. The van der Waals surface area contributed by atoms with Crippen LogP contribution in [0.1, 0.15) is 25.3 Å². The summed E-state index contributed by atoms with van der Waals surface area (Å²) in [6.07, 6.45) is 5.23. The summed E-state index contributed by atoms with van der Waals surface area (Å²) in [5.41, 5.74) is 3.51. The molecule has 5 rings (SSSR count). The van der Waals surface area contributed by atoms with Crippen molar-refractivity contribution >= 4 is 28.6 Å². The number of para-hydroxylation sites is 1. The van der Waals surface area contributed by atoms with Crippen LogP contribution in [-0.2, 0) is 17.8 Å². The molecule has 33 heavy (non-hydrogen) atoms. The van der Waals surface area contributed by atoms with Gasteiger partial charge in [0.2, 0.25) is 5.91 Å². The summed E-state index contributed by atoms with van der Waals surface area (Å²) in [5.74, 6) is 2.09. The Morgan fingerprint density at radius 2 is 1.82 bits per heavy atom. The number of likely N-dealkylation sites (tertiary alicyclic amines) is 1. The van der Waals surface area contributed by atoms with Crippen molar-refractivity contribution in [3.05, 3.63) is 66.4 Å². The monoisotopic (exact) mass is 459 g/mol. The first-order chi connectivity index (χ1) is 16.2. The summed E-state index contributed by atoms with van der Waals surface area (Å²) in [4.78, 5) is 18.2. The molecule has 1 aliphatic heterocycles. The van der Waals surface area contributed by atoms with E-state index in [2.05, 4.69) is 69.1 Å². The average molecular weight is 460 g/mol. The lowest BCUT2D eigenvalue weighted by molar-refractivity contribution is -0.129. The molecule has 4 aromatic rings. The number of rotatable bonds is 7. The van der Waals surface area contributed by atoms with Gasteiger partial charge in [0.25, 0.3) is 0 Å². The number of hydrogen-bond acceptors (Lipinski definition) is 4. The van der Waals surface area contributed by atoms with E-state index in [-0.39, 0.29) is 5.91 Å². The summed E-state index contributed by atoms with van der Waals surface area (Å²) in [7, 11) is 0. The molecule has 1 N–H and O–H groups in total. The summed E-state index contributed by atoms with van der Waals surface area (Å²) < 4.78 is 2.10. The first-order valence-corrected chi connectivity index (χ1v) is 12.7. The summed E-state index contributed by atoms with van der Waals surface area (Å²) in [5, 5.41) is 10.8. The van der Waals surface area contributed by atoms with E-state index >= 15 is 0 Å². The fraction of sp³-hybridized carbons (Fsp3) is 0.346. The maximum atomic E-state index is 12.9. The van der Waals surface area contributed by atoms with Crippen LogP contribution in [0.25, 0.3) is 22.3 Å². The molecule has 0 spiro atoms. The maximum absolute atomic E-state index is 12.9. The number of nitrogens with zero attached hydrogens (tertiary/aromatic N) is 4. The highest BCUT2D eigenvalue weighted by atomic mass is 32.2. The zero-order valence-electron chi connectivity index (χ0n) is 18.9. The molecular formula is C26H29N5OS. The second-order valence-corrected chi connectivity index (χ2v) is 9.54. The second kappa shape index (κ2) is 9.83. The van der Waals surface area contributed by atoms with Crippen LogP contribution >= 0.6 is 11.8 Å². The Kier molecular flexibility index (Phi) is 6.48. The van der Waals surface area contributed by atoms with Gasteiger partial charge in [-0.3, -0.25) is 4.79 Å². The largest absolute Gasteiger partial charge is 0.360 e. The molecular weight excluding hydrogens is 430 g/mol. The molecule has 2 aromatic carbocycles. The summed E-state index contributed by atoms with van der Waals surface area (Å²) >= 11 is 1.49. The third-order valence-electron chi connectivity index (χ3n) is 6.52. The van der Waals surface area contributed by atoms with Gasteiger partial charge in [-0.2, -0.15) is 0 Å². The van der Waals surface area contributed by atoms with Crippen LogP contribution in [0.4, 0.5) is 0 Å². The van der Waals surface area contributed by atoms with Crippen LogP contribution in [0, 0.1) is 5.92 Å². The third-order valence-corrected chi connectivity index (χ3v) is 7.47.